The Labute approximate surface area is 131 Å². The monoisotopic (exact) mass is 306 g/mol. The maximum Gasteiger partial charge on any atom is 0.225 e. The Morgan fingerprint density at radius 1 is 1.32 bits per heavy atom. The third-order valence-electron chi connectivity index (χ3n) is 5.00. The van der Waals surface area contributed by atoms with Crippen LogP contribution in [0.3, 0.4) is 0 Å². The Balaban J connectivity index is 1.40. The van der Waals surface area contributed by atoms with Gasteiger partial charge in [-0.2, -0.15) is 4.98 Å². The molecule has 1 aliphatic heterocycles. The zero-order chi connectivity index (χ0) is 15.5. The SMILES string of the molecule is Cc1nc(CN2CCC(CN(C)C(=O)C3CCC3)CC2)no1. The van der Waals surface area contributed by atoms with Crippen molar-refractivity contribution in [3.05, 3.63) is 11.7 Å². The van der Waals surface area contributed by atoms with Crippen LogP contribution in [0.4, 0.5) is 0 Å². The normalized spacial score (nSPS) is 20.8. The first-order valence-electron chi connectivity index (χ1n) is 8.38. The molecule has 1 aromatic heterocycles. The first kappa shape index (κ1) is 15.5. The fourth-order valence-electron chi connectivity index (χ4n) is 3.38. The third-order valence-corrected chi connectivity index (χ3v) is 5.00. The van der Waals surface area contributed by atoms with Crippen molar-refractivity contribution >= 4 is 5.91 Å². The van der Waals surface area contributed by atoms with Crippen LogP contribution in [0.5, 0.6) is 0 Å². The molecule has 0 bridgehead atoms. The van der Waals surface area contributed by atoms with Crippen LogP contribution in [-0.2, 0) is 11.3 Å². The molecule has 2 fully saturated rings. The fraction of sp³-hybridized carbons (Fsp3) is 0.812. The smallest absolute Gasteiger partial charge is 0.225 e. The third kappa shape index (κ3) is 3.66. The number of amides is 1. The average Bonchev–Trinajstić information content (AvgIpc) is 2.84. The molecule has 0 aromatic carbocycles. The van der Waals surface area contributed by atoms with Gasteiger partial charge in [0.15, 0.2) is 5.82 Å². The van der Waals surface area contributed by atoms with Crippen LogP contribution in [0.2, 0.25) is 0 Å². The van der Waals surface area contributed by atoms with E-state index in [4.69, 9.17) is 4.52 Å². The molecule has 0 unspecified atom stereocenters. The molecule has 1 saturated heterocycles. The molecular formula is C16H26N4O2. The van der Waals surface area contributed by atoms with E-state index < -0.39 is 0 Å². The van der Waals surface area contributed by atoms with Crippen molar-refractivity contribution in [2.24, 2.45) is 11.8 Å². The molecule has 122 valence electrons. The number of hydrogen-bond donors (Lipinski definition) is 0. The number of carbonyl (C=O) groups excluding carboxylic acids is 1. The Kier molecular flexibility index (Phi) is 4.76. The number of likely N-dealkylation sites (tertiary alicyclic amines) is 1. The van der Waals surface area contributed by atoms with Gasteiger partial charge in [-0.15, -0.1) is 0 Å². The van der Waals surface area contributed by atoms with Crippen molar-refractivity contribution in [3.8, 4) is 0 Å². The first-order chi connectivity index (χ1) is 10.6. The minimum Gasteiger partial charge on any atom is -0.345 e. The van der Waals surface area contributed by atoms with Crippen molar-refractivity contribution in [1.29, 1.82) is 0 Å². The van der Waals surface area contributed by atoms with Crippen molar-refractivity contribution in [2.75, 3.05) is 26.7 Å². The highest BCUT2D eigenvalue weighted by atomic mass is 16.5. The summed E-state index contributed by atoms with van der Waals surface area (Å²) >= 11 is 0. The van der Waals surface area contributed by atoms with Gasteiger partial charge in [0.1, 0.15) is 0 Å². The van der Waals surface area contributed by atoms with Gasteiger partial charge in [-0.25, -0.2) is 0 Å². The molecule has 0 spiro atoms. The number of aromatic nitrogens is 2. The minimum atomic E-state index is 0.312. The molecule has 1 aromatic rings. The van der Waals surface area contributed by atoms with Gasteiger partial charge in [-0.05, 0) is 44.7 Å². The summed E-state index contributed by atoms with van der Waals surface area (Å²) in [6, 6.07) is 0. The molecule has 2 heterocycles. The summed E-state index contributed by atoms with van der Waals surface area (Å²) in [7, 11) is 1.97. The fourth-order valence-corrected chi connectivity index (χ4v) is 3.38. The predicted molar refractivity (Wildman–Crippen MR) is 82.0 cm³/mol. The van der Waals surface area contributed by atoms with Crippen molar-refractivity contribution in [3.63, 3.8) is 0 Å². The van der Waals surface area contributed by atoms with Crippen LogP contribution in [0.1, 0.15) is 43.8 Å². The van der Waals surface area contributed by atoms with Gasteiger partial charge in [-0.3, -0.25) is 9.69 Å². The Morgan fingerprint density at radius 3 is 2.59 bits per heavy atom. The second-order valence-electron chi connectivity index (χ2n) is 6.80. The van der Waals surface area contributed by atoms with Gasteiger partial charge in [0.25, 0.3) is 0 Å². The lowest BCUT2D eigenvalue weighted by molar-refractivity contribution is -0.137. The number of rotatable bonds is 5. The van der Waals surface area contributed by atoms with E-state index in [1.165, 1.54) is 6.42 Å². The van der Waals surface area contributed by atoms with E-state index in [2.05, 4.69) is 15.0 Å². The first-order valence-corrected chi connectivity index (χ1v) is 8.38. The summed E-state index contributed by atoms with van der Waals surface area (Å²) in [5.74, 6) is 2.69. The van der Waals surface area contributed by atoms with Gasteiger partial charge in [0.05, 0.1) is 6.54 Å². The summed E-state index contributed by atoms with van der Waals surface area (Å²) in [4.78, 5) is 20.8. The van der Waals surface area contributed by atoms with Gasteiger partial charge in [0, 0.05) is 26.4 Å². The van der Waals surface area contributed by atoms with E-state index in [1.54, 1.807) is 0 Å². The topological polar surface area (TPSA) is 62.5 Å². The Morgan fingerprint density at radius 2 is 2.05 bits per heavy atom. The zero-order valence-corrected chi connectivity index (χ0v) is 13.6. The van der Waals surface area contributed by atoms with E-state index in [0.717, 1.165) is 57.7 Å². The second kappa shape index (κ2) is 6.77. The number of hydrogen-bond acceptors (Lipinski definition) is 5. The largest absolute Gasteiger partial charge is 0.345 e. The average molecular weight is 306 g/mol. The molecule has 6 heteroatoms. The number of aryl methyl sites for hydroxylation is 1. The predicted octanol–water partition coefficient (Wildman–Crippen LogP) is 1.85. The standard InChI is InChI=1S/C16H26N4O2/c1-12-17-15(18-22-12)11-20-8-6-13(7-9-20)10-19(2)16(21)14-4-3-5-14/h13-14H,3-11H2,1-2H3. The van der Waals surface area contributed by atoms with E-state index in [1.807, 2.05) is 18.9 Å². The Bertz CT molecular complexity index is 504. The molecule has 22 heavy (non-hydrogen) atoms. The lowest BCUT2D eigenvalue weighted by atomic mass is 9.84. The summed E-state index contributed by atoms with van der Waals surface area (Å²) in [5, 5.41) is 3.96. The van der Waals surface area contributed by atoms with E-state index in [9.17, 15) is 4.79 Å². The molecule has 3 rings (SSSR count). The lowest BCUT2D eigenvalue weighted by Crippen LogP contribution is -2.42. The number of nitrogens with zero attached hydrogens (tertiary/aromatic N) is 4. The van der Waals surface area contributed by atoms with Gasteiger partial charge in [-0.1, -0.05) is 11.6 Å². The van der Waals surface area contributed by atoms with Crippen LogP contribution in [0.25, 0.3) is 0 Å². The molecule has 0 atom stereocenters. The molecule has 2 aliphatic rings. The summed E-state index contributed by atoms with van der Waals surface area (Å²) < 4.78 is 5.01. The van der Waals surface area contributed by atoms with Crippen LogP contribution >= 0.6 is 0 Å². The van der Waals surface area contributed by atoms with E-state index >= 15 is 0 Å². The quantitative estimate of drug-likeness (QED) is 0.831. The van der Waals surface area contributed by atoms with Gasteiger partial charge >= 0.3 is 0 Å². The van der Waals surface area contributed by atoms with Crippen molar-refractivity contribution in [2.45, 2.75) is 45.6 Å². The van der Waals surface area contributed by atoms with Crippen molar-refractivity contribution in [1.82, 2.24) is 19.9 Å². The molecule has 0 radical (unpaired) electrons. The summed E-state index contributed by atoms with van der Waals surface area (Å²) in [5.41, 5.74) is 0. The van der Waals surface area contributed by atoms with Crippen LogP contribution < -0.4 is 0 Å². The highest BCUT2D eigenvalue weighted by Gasteiger charge is 2.29. The molecular weight excluding hydrogens is 280 g/mol. The lowest BCUT2D eigenvalue weighted by Gasteiger charge is -2.35. The Hall–Kier alpha value is -1.43. The van der Waals surface area contributed by atoms with E-state index in [0.29, 0.717) is 23.6 Å². The maximum atomic E-state index is 12.2. The maximum absolute atomic E-state index is 12.2. The van der Waals surface area contributed by atoms with E-state index in [-0.39, 0.29) is 0 Å². The second-order valence-corrected chi connectivity index (χ2v) is 6.80. The van der Waals surface area contributed by atoms with Crippen molar-refractivity contribution < 1.29 is 9.32 Å². The highest BCUT2D eigenvalue weighted by molar-refractivity contribution is 5.79. The summed E-state index contributed by atoms with van der Waals surface area (Å²) in [6.07, 6.45) is 5.67. The van der Waals surface area contributed by atoms with Crippen LogP contribution in [-0.4, -0.2) is 52.5 Å². The molecule has 0 N–H and O–H groups in total. The van der Waals surface area contributed by atoms with Gasteiger partial charge in [0.2, 0.25) is 11.8 Å². The molecule has 6 nitrogen and oxygen atoms in total. The minimum absolute atomic E-state index is 0.312. The number of piperidine rings is 1. The van der Waals surface area contributed by atoms with Crippen LogP contribution in [0, 0.1) is 18.8 Å². The van der Waals surface area contributed by atoms with Gasteiger partial charge < -0.3 is 9.42 Å². The highest BCUT2D eigenvalue weighted by Crippen LogP contribution is 2.28. The summed E-state index contributed by atoms with van der Waals surface area (Å²) in [6.45, 7) is 5.58. The number of carbonyl (C=O) groups is 1. The molecule has 1 aliphatic carbocycles. The molecule has 1 saturated carbocycles. The molecule has 1 amide bonds. The zero-order valence-electron chi connectivity index (χ0n) is 13.6. The van der Waals surface area contributed by atoms with Crippen LogP contribution in [0.15, 0.2) is 4.52 Å².